The molecule has 1 nitrogen and oxygen atoms in total. The molecular formula is C16H30OS2. The molecule has 0 rings (SSSR count). The van der Waals surface area contributed by atoms with Crippen molar-refractivity contribution >= 4 is 21.6 Å². The summed E-state index contributed by atoms with van der Waals surface area (Å²) >= 11 is 0. The molecule has 0 radical (unpaired) electrons. The van der Waals surface area contributed by atoms with Gasteiger partial charge in [-0.3, -0.25) is 0 Å². The Hall–Kier alpha value is 0.220. The molecule has 0 N–H and O–H groups in total. The molecule has 0 amide bonds. The zero-order chi connectivity index (χ0) is 14.9. The standard InChI is InChI=1S/C16H30OS2/c1-8-15(6,9-2)13-16(7,10-3)19-18-12-11-17-14(4)5/h1,14H,9-13H2,2-7H3. The summed E-state index contributed by atoms with van der Waals surface area (Å²) in [5.41, 5.74) is 0.0206. The van der Waals surface area contributed by atoms with Gasteiger partial charge in [0.2, 0.25) is 0 Å². The first kappa shape index (κ1) is 19.2. The van der Waals surface area contributed by atoms with Crippen LogP contribution in [0.2, 0.25) is 0 Å². The number of hydrogen-bond acceptors (Lipinski definition) is 3. The van der Waals surface area contributed by atoms with Crippen molar-refractivity contribution in [2.75, 3.05) is 12.4 Å². The highest BCUT2D eigenvalue weighted by molar-refractivity contribution is 8.77. The Morgan fingerprint density at radius 3 is 2.26 bits per heavy atom. The summed E-state index contributed by atoms with van der Waals surface area (Å²) in [5, 5.41) is 0. The van der Waals surface area contributed by atoms with Crippen LogP contribution in [0.25, 0.3) is 0 Å². The molecule has 0 fully saturated rings. The monoisotopic (exact) mass is 302 g/mol. The van der Waals surface area contributed by atoms with Crippen molar-refractivity contribution in [1.82, 2.24) is 0 Å². The highest BCUT2D eigenvalue weighted by Gasteiger charge is 2.32. The van der Waals surface area contributed by atoms with Gasteiger partial charge in [0.05, 0.1) is 12.7 Å². The maximum Gasteiger partial charge on any atom is 0.0568 e. The Morgan fingerprint density at radius 1 is 1.21 bits per heavy atom. The van der Waals surface area contributed by atoms with Gasteiger partial charge < -0.3 is 4.74 Å². The van der Waals surface area contributed by atoms with Gasteiger partial charge in [0.15, 0.2) is 0 Å². The highest BCUT2D eigenvalue weighted by atomic mass is 33.1. The first-order valence-electron chi connectivity index (χ1n) is 7.21. The van der Waals surface area contributed by atoms with Crippen LogP contribution < -0.4 is 0 Å². The van der Waals surface area contributed by atoms with Crippen LogP contribution in [-0.4, -0.2) is 23.2 Å². The summed E-state index contributed by atoms with van der Waals surface area (Å²) in [7, 11) is 3.89. The van der Waals surface area contributed by atoms with Gasteiger partial charge in [-0.1, -0.05) is 35.4 Å². The van der Waals surface area contributed by atoms with Crippen LogP contribution >= 0.6 is 21.6 Å². The predicted molar refractivity (Wildman–Crippen MR) is 91.7 cm³/mol. The summed E-state index contributed by atoms with van der Waals surface area (Å²) in [6, 6.07) is 0. The zero-order valence-electron chi connectivity index (χ0n) is 13.4. The van der Waals surface area contributed by atoms with Crippen molar-refractivity contribution < 1.29 is 4.74 Å². The lowest BCUT2D eigenvalue weighted by atomic mass is 9.79. The summed E-state index contributed by atoms with van der Waals surface area (Å²) < 4.78 is 5.82. The van der Waals surface area contributed by atoms with Crippen LogP contribution in [0.4, 0.5) is 0 Å². The Balaban J connectivity index is 4.20. The molecule has 0 heterocycles. The van der Waals surface area contributed by atoms with E-state index in [1.165, 1.54) is 0 Å². The molecule has 112 valence electrons. The van der Waals surface area contributed by atoms with Gasteiger partial charge in [0.25, 0.3) is 0 Å². The van der Waals surface area contributed by atoms with Crippen molar-refractivity contribution in [3.05, 3.63) is 0 Å². The fraction of sp³-hybridized carbons (Fsp3) is 0.875. The van der Waals surface area contributed by atoms with Crippen LogP contribution in [0.15, 0.2) is 0 Å². The van der Waals surface area contributed by atoms with Crippen LogP contribution in [0.1, 0.15) is 60.8 Å². The molecule has 0 aromatic carbocycles. The number of rotatable bonds is 10. The van der Waals surface area contributed by atoms with Gasteiger partial charge in [-0.05, 0) is 47.0 Å². The molecule has 0 aliphatic rings. The topological polar surface area (TPSA) is 9.23 Å². The average molecular weight is 303 g/mol. The van der Waals surface area contributed by atoms with Gasteiger partial charge in [0.1, 0.15) is 0 Å². The molecule has 2 atom stereocenters. The molecule has 0 saturated carbocycles. The van der Waals surface area contributed by atoms with Crippen molar-refractivity contribution in [3.8, 4) is 12.3 Å². The van der Waals surface area contributed by atoms with E-state index in [0.717, 1.165) is 31.6 Å². The van der Waals surface area contributed by atoms with Gasteiger partial charge >= 0.3 is 0 Å². The molecule has 0 spiro atoms. The second-order valence-electron chi connectivity index (χ2n) is 5.86. The van der Waals surface area contributed by atoms with E-state index < -0.39 is 0 Å². The van der Waals surface area contributed by atoms with Crippen LogP contribution in [0, 0.1) is 17.8 Å². The maximum absolute atomic E-state index is 5.70. The average Bonchev–Trinajstić information content (AvgIpc) is 2.38. The Bertz CT molecular complexity index is 285. The minimum Gasteiger partial charge on any atom is -0.378 e. The van der Waals surface area contributed by atoms with Crippen LogP contribution in [0.3, 0.4) is 0 Å². The fourth-order valence-corrected chi connectivity index (χ4v) is 4.68. The summed E-state index contributed by atoms with van der Waals surface area (Å²) in [6.45, 7) is 14.0. The van der Waals surface area contributed by atoms with E-state index in [1.54, 1.807) is 0 Å². The Kier molecular flexibility index (Phi) is 9.32. The maximum atomic E-state index is 5.70. The lowest BCUT2D eigenvalue weighted by Gasteiger charge is -2.35. The molecular weight excluding hydrogens is 272 g/mol. The molecule has 0 aliphatic carbocycles. The van der Waals surface area contributed by atoms with Crippen molar-refractivity contribution in [1.29, 1.82) is 0 Å². The first-order valence-corrected chi connectivity index (χ1v) is 9.52. The molecule has 0 aromatic heterocycles. The number of hydrogen-bond donors (Lipinski definition) is 0. The molecule has 0 aliphatic heterocycles. The van der Waals surface area contributed by atoms with E-state index in [9.17, 15) is 0 Å². The van der Waals surface area contributed by atoms with E-state index in [1.807, 2.05) is 21.6 Å². The second kappa shape index (κ2) is 9.21. The van der Waals surface area contributed by atoms with Crippen LogP contribution in [-0.2, 0) is 4.74 Å². The predicted octanol–water partition coefficient (Wildman–Crippen LogP) is 5.40. The van der Waals surface area contributed by atoms with Gasteiger partial charge in [0, 0.05) is 15.9 Å². The largest absolute Gasteiger partial charge is 0.378 e. The third-order valence-electron chi connectivity index (χ3n) is 3.52. The van der Waals surface area contributed by atoms with Crippen molar-refractivity contribution in [2.45, 2.75) is 71.7 Å². The quantitative estimate of drug-likeness (QED) is 0.304. The van der Waals surface area contributed by atoms with E-state index >= 15 is 0 Å². The molecule has 0 bridgehead atoms. The Morgan fingerprint density at radius 2 is 1.84 bits per heavy atom. The lowest BCUT2D eigenvalue weighted by Crippen LogP contribution is -2.28. The third kappa shape index (κ3) is 8.17. The van der Waals surface area contributed by atoms with E-state index in [4.69, 9.17) is 11.2 Å². The highest BCUT2D eigenvalue weighted by Crippen LogP contribution is 2.46. The van der Waals surface area contributed by atoms with Crippen molar-refractivity contribution in [3.63, 3.8) is 0 Å². The summed E-state index contributed by atoms with van der Waals surface area (Å²) in [5.74, 6) is 4.03. The summed E-state index contributed by atoms with van der Waals surface area (Å²) in [4.78, 5) is 0. The van der Waals surface area contributed by atoms with Gasteiger partial charge in [-0.2, -0.15) is 0 Å². The number of terminal acetylenes is 1. The SMILES string of the molecule is C#CC(C)(CC)CC(C)(CC)SSCCOC(C)C. The molecule has 3 heteroatoms. The number of ether oxygens (including phenoxy) is 1. The minimum absolute atomic E-state index is 0.0206. The minimum atomic E-state index is 0.0206. The van der Waals surface area contributed by atoms with Gasteiger partial charge in [-0.25, -0.2) is 0 Å². The third-order valence-corrected chi connectivity index (χ3v) is 6.87. The molecule has 0 aromatic rings. The van der Waals surface area contributed by atoms with Crippen LogP contribution in [0.5, 0.6) is 0 Å². The molecule has 19 heavy (non-hydrogen) atoms. The summed E-state index contributed by atoms with van der Waals surface area (Å²) in [6.07, 6.45) is 9.29. The van der Waals surface area contributed by atoms with Crippen molar-refractivity contribution in [2.24, 2.45) is 5.41 Å². The van der Waals surface area contributed by atoms with Gasteiger partial charge in [-0.15, -0.1) is 12.3 Å². The molecule has 0 saturated heterocycles. The normalized spacial score (nSPS) is 17.8. The van der Waals surface area contributed by atoms with E-state index in [-0.39, 0.29) is 10.2 Å². The fourth-order valence-electron chi connectivity index (χ4n) is 1.82. The first-order chi connectivity index (χ1) is 8.81. The smallest absolute Gasteiger partial charge is 0.0568 e. The lowest BCUT2D eigenvalue weighted by molar-refractivity contribution is 0.0921. The zero-order valence-corrected chi connectivity index (χ0v) is 15.0. The van der Waals surface area contributed by atoms with E-state index in [0.29, 0.717) is 6.10 Å². The van der Waals surface area contributed by atoms with E-state index in [2.05, 4.69) is 47.5 Å². The second-order valence-corrected chi connectivity index (χ2v) is 8.87. The Labute approximate surface area is 128 Å². The molecule has 2 unspecified atom stereocenters.